The van der Waals surface area contributed by atoms with Gasteiger partial charge in [0, 0.05) is 16.5 Å². The van der Waals surface area contributed by atoms with Crippen molar-refractivity contribution in [3.8, 4) is 0 Å². The van der Waals surface area contributed by atoms with Crippen molar-refractivity contribution in [3.05, 3.63) is 95.3 Å². The normalized spacial score (nSPS) is 12.1. The summed E-state index contributed by atoms with van der Waals surface area (Å²) < 4.78 is 44.6. The molecule has 0 heterocycles. The first kappa shape index (κ1) is 21.9. The van der Waals surface area contributed by atoms with Crippen LogP contribution in [0.3, 0.4) is 0 Å². The average Bonchev–Trinajstić information content (AvgIpc) is 2.77. The first-order chi connectivity index (χ1) is 14.5. The van der Waals surface area contributed by atoms with Crippen LogP contribution < -0.4 is 0 Å². The van der Waals surface area contributed by atoms with E-state index in [4.69, 9.17) is 0 Å². The van der Waals surface area contributed by atoms with E-state index >= 15 is 0 Å². The van der Waals surface area contributed by atoms with Gasteiger partial charge in [-0.05, 0) is 48.3 Å². The van der Waals surface area contributed by atoms with Gasteiger partial charge in [0.2, 0.25) is 0 Å². The van der Waals surface area contributed by atoms with Crippen LogP contribution in [0.5, 0.6) is 0 Å². The molecule has 0 spiro atoms. The third kappa shape index (κ3) is 5.02. The highest BCUT2D eigenvalue weighted by molar-refractivity contribution is 5.91. The Balaban J connectivity index is 1.88. The molecule has 0 radical (unpaired) electrons. The predicted molar refractivity (Wildman–Crippen MR) is 121 cm³/mol. The lowest BCUT2D eigenvalue weighted by molar-refractivity contribution is 0.622. The summed E-state index contributed by atoms with van der Waals surface area (Å²) in [4.78, 5) is 0. The van der Waals surface area contributed by atoms with Crippen LogP contribution in [-0.2, 0) is 12.8 Å². The molecule has 156 valence electrons. The van der Waals surface area contributed by atoms with E-state index in [1.54, 1.807) is 36.4 Å². The number of hydrogen-bond donors (Lipinski definition) is 0. The van der Waals surface area contributed by atoms with Gasteiger partial charge in [0.05, 0.1) is 0 Å². The van der Waals surface area contributed by atoms with E-state index in [1.165, 1.54) is 6.07 Å². The van der Waals surface area contributed by atoms with Crippen LogP contribution in [0, 0.1) is 5.82 Å². The molecule has 0 bridgehead atoms. The Bertz CT molecular complexity index is 1050. The van der Waals surface area contributed by atoms with Crippen LogP contribution >= 0.6 is 0 Å². The zero-order chi connectivity index (χ0) is 21.5. The van der Waals surface area contributed by atoms with Crippen molar-refractivity contribution in [1.82, 2.24) is 0 Å². The number of rotatable bonds is 9. The second kappa shape index (κ2) is 10.3. The number of halogens is 3. The number of aryl methyl sites for hydroxylation is 2. The molecule has 0 N–H and O–H groups in total. The smallest absolute Gasteiger partial charge is 0.169 e. The fourth-order valence-corrected chi connectivity index (χ4v) is 3.58. The Morgan fingerprint density at radius 3 is 2.30 bits per heavy atom. The molecule has 3 rings (SSSR count). The van der Waals surface area contributed by atoms with Crippen molar-refractivity contribution in [1.29, 1.82) is 0 Å². The summed E-state index contributed by atoms with van der Waals surface area (Å²) in [6.07, 6.45) is 7.71. The van der Waals surface area contributed by atoms with Crippen molar-refractivity contribution >= 4 is 22.4 Å². The van der Waals surface area contributed by atoms with Crippen molar-refractivity contribution in [2.24, 2.45) is 0 Å². The fourth-order valence-electron chi connectivity index (χ4n) is 3.58. The highest BCUT2D eigenvalue weighted by atomic mass is 19.2. The maximum Gasteiger partial charge on any atom is 0.169 e. The molecule has 0 aliphatic rings. The lowest BCUT2D eigenvalue weighted by atomic mass is 9.99. The van der Waals surface area contributed by atoms with Gasteiger partial charge in [-0.15, -0.1) is 6.58 Å². The largest absolute Gasteiger partial charge is 0.206 e. The Morgan fingerprint density at radius 2 is 1.60 bits per heavy atom. The summed E-state index contributed by atoms with van der Waals surface area (Å²) in [7, 11) is 0. The molecule has 0 saturated heterocycles. The van der Waals surface area contributed by atoms with E-state index in [2.05, 4.69) is 13.5 Å². The van der Waals surface area contributed by atoms with Gasteiger partial charge >= 0.3 is 0 Å². The van der Waals surface area contributed by atoms with Crippen molar-refractivity contribution in [3.63, 3.8) is 0 Å². The predicted octanol–water partition coefficient (Wildman–Crippen LogP) is 8.60. The maximum absolute atomic E-state index is 15.0. The monoisotopic (exact) mass is 408 g/mol. The fraction of sp³-hybridized carbons (Fsp3) is 0.259. The molecule has 0 fully saturated rings. The third-order valence-electron chi connectivity index (χ3n) is 5.36. The molecule has 0 aliphatic carbocycles. The van der Waals surface area contributed by atoms with E-state index in [0.717, 1.165) is 49.7 Å². The minimum absolute atomic E-state index is 0.117. The third-order valence-corrected chi connectivity index (χ3v) is 5.36. The standard InChI is InChI=1S/C27H27F3/c1-3-5-7-9-19-10-13-21(14-11-19)25(28)27(30)24-17-15-22-18-20(8-6-4-2)12-16-23(22)26(24)29/h4,10-18H,2-3,5-9H2,1H3. The second-order valence-electron chi connectivity index (χ2n) is 7.59. The minimum Gasteiger partial charge on any atom is -0.206 e. The van der Waals surface area contributed by atoms with Gasteiger partial charge in [-0.25, -0.2) is 13.2 Å². The topological polar surface area (TPSA) is 0 Å². The number of benzene rings is 3. The van der Waals surface area contributed by atoms with E-state index in [0.29, 0.717) is 5.39 Å². The number of unbranched alkanes of at least 4 members (excludes halogenated alkanes) is 2. The summed E-state index contributed by atoms with van der Waals surface area (Å²) in [5.74, 6) is -2.97. The number of allylic oxidation sites excluding steroid dienone is 1. The van der Waals surface area contributed by atoms with E-state index < -0.39 is 17.5 Å². The molecular weight excluding hydrogens is 381 g/mol. The van der Waals surface area contributed by atoms with Crippen LogP contribution in [-0.4, -0.2) is 0 Å². The van der Waals surface area contributed by atoms with Crippen molar-refractivity contribution in [2.75, 3.05) is 0 Å². The van der Waals surface area contributed by atoms with Crippen LogP contribution in [0.25, 0.3) is 22.4 Å². The lowest BCUT2D eigenvalue weighted by Gasteiger charge is -2.09. The molecular formula is C27H27F3. The molecule has 0 atom stereocenters. The maximum atomic E-state index is 15.0. The van der Waals surface area contributed by atoms with Gasteiger partial charge in [0.25, 0.3) is 0 Å². The minimum atomic E-state index is -1.18. The Morgan fingerprint density at radius 1 is 0.867 bits per heavy atom. The summed E-state index contributed by atoms with van der Waals surface area (Å²) in [5, 5.41) is 0.950. The summed E-state index contributed by atoms with van der Waals surface area (Å²) in [6.45, 7) is 5.84. The number of fused-ring (bicyclic) bond motifs is 1. The van der Waals surface area contributed by atoms with Gasteiger partial charge < -0.3 is 0 Å². The summed E-state index contributed by atoms with van der Waals surface area (Å²) in [6, 6.07) is 15.0. The first-order valence-electron chi connectivity index (χ1n) is 10.5. The average molecular weight is 409 g/mol. The van der Waals surface area contributed by atoms with Gasteiger partial charge in [0.15, 0.2) is 11.7 Å². The molecule has 0 unspecified atom stereocenters. The molecule has 0 amide bonds. The van der Waals surface area contributed by atoms with Gasteiger partial charge in [-0.1, -0.05) is 74.4 Å². The van der Waals surface area contributed by atoms with Crippen LogP contribution in [0.2, 0.25) is 0 Å². The lowest BCUT2D eigenvalue weighted by Crippen LogP contribution is -1.93. The molecule has 30 heavy (non-hydrogen) atoms. The van der Waals surface area contributed by atoms with Crippen LogP contribution in [0.15, 0.2) is 67.3 Å². The molecule has 3 aromatic rings. The summed E-state index contributed by atoms with van der Waals surface area (Å²) >= 11 is 0. The summed E-state index contributed by atoms with van der Waals surface area (Å²) in [5.41, 5.74) is 1.90. The highest BCUT2D eigenvalue weighted by Crippen LogP contribution is 2.33. The Labute approximate surface area is 176 Å². The van der Waals surface area contributed by atoms with Gasteiger partial charge in [0.1, 0.15) is 5.82 Å². The van der Waals surface area contributed by atoms with Crippen molar-refractivity contribution in [2.45, 2.75) is 45.4 Å². The quantitative estimate of drug-likeness (QED) is 0.189. The number of hydrogen-bond acceptors (Lipinski definition) is 0. The van der Waals surface area contributed by atoms with Gasteiger partial charge in [-0.2, -0.15) is 0 Å². The molecule has 0 aliphatic heterocycles. The molecule has 3 heteroatoms. The van der Waals surface area contributed by atoms with Crippen molar-refractivity contribution < 1.29 is 13.2 Å². The van der Waals surface area contributed by atoms with Gasteiger partial charge in [-0.3, -0.25) is 0 Å². The highest BCUT2D eigenvalue weighted by Gasteiger charge is 2.17. The van der Waals surface area contributed by atoms with Crippen LogP contribution in [0.1, 0.15) is 54.9 Å². The molecule has 0 nitrogen and oxygen atoms in total. The molecule has 0 aromatic heterocycles. The van der Waals surface area contributed by atoms with E-state index in [9.17, 15) is 13.2 Å². The van der Waals surface area contributed by atoms with E-state index in [-0.39, 0.29) is 16.5 Å². The zero-order valence-corrected chi connectivity index (χ0v) is 17.4. The first-order valence-corrected chi connectivity index (χ1v) is 10.5. The van der Waals surface area contributed by atoms with E-state index in [1.807, 2.05) is 18.2 Å². The Kier molecular flexibility index (Phi) is 7.51. The van der Waals surface area contributed by atoms with Crippen LogP contribution in [0.4, 0.5) is 13.2 Å². The zero-order valence-electron chi connectivity index (χ0n) is 17.4. The SMILES string of the molecule is C=CCCc1ccc2c(F)c(C(F)=C(F)c3ccc(CCCCC)cc3)ccc2c1. The Hall–Kier alpha value is -2.81. The second-order valence-corrected chi connectivity index (χ2v) is 7.59. The molecule has 0 saturated carbocycles. The molecule has 3 aromatic carbocycles.